The van der Waals surface area contributed by atoms with Crippen LogP contribution in [0.1, 0.15) is 44.0 Å². The topological polar surface area (TPSA) is 102 Å². The molecule has 2 aromatic rings. The molecule has 3 aliphatic heterocycles. The Kier molecular flexibility index (Phi) is 9.02. The number of benzene rings is 1. The predicted octanol–water partition coefficient (Wildman–Crippen LogP) is 3.47. The molecule has 3 fully saturated rings. The van der Waals surface area contributed by atoms with Gasteiger partial charge in [-0.15, -0.1) is 0 Å². The van der Waals surface area contributed by atoms with Gasteiger partial charge in [-0.25, -0.2) is 9.97 Å². The lowest BCUT2D eigenvalue weighted by atomic mass is 10.0. The summed E-state index contributed by atoms with van der Waals surface area (Å²) in [6.45, 7) is 10.2. The standard InChI is InChI=1S/C29H42N8O2/c1-4-24-28(31-21-9-17-39-18-10-21)34-29(25(20-30)33-24)32-22-5-6-26(27(19-22)38-3)37-11-7-23(8-12-37)36-15-13-35(2)14-16-36/h5-6,19,21,23H,4,7-18H2,1-3H3,(H2,31,32,34). The Morgan fingerprint density at radius 1 is 1.03 bits per heavy atom. The average molecular weight is 535 g/mol. The van der Waals surface area contributed by atoms with E-state index in [9.17, 15) is 5.26 Å². The molecule has 3 aliphatic rings. The van der Waals surface area contributed by atoms with E-state index in [0.29, 0.717) is 30.0 Å². The molecule has 1 aromatic carbocycles. The zero-order valence-electron chi connectivity index (χ0n) is 23.6. The van der Waals surface area contributed by atoms with Crippen molar-refractivity contribution in [3.8, 4) is 11.8 Å². The smallest absolute Gasteiger partial charge is 0.183 e. The summed E-state index contributed by atoms with van der Waals surface area (Å²) in [6.07, 6.45) is 4.89. The van der Waals surface area contributed by atoms with E-state index in [-0.39, 0.29) is 0 Å². The van der Waals surface area contributed by atoms with Gasteiger partial charge in [-0.1, -0.05) is 6.92 Å². The van der Waals surface area contributed by atoms with Crippen LogP contribution >= 0.6 is 0 Å². The first-order chi connectivity index (χ1) is 19.1. The quantitative estimate of drug-likeness (QED) is 0.523. The van der Waals surface area contributed by atoms with Crippen LogP contribution in [-0.2, 0) is 11.2 Å². The van der Waals surface area contributed by atoms with Gasteiger partial charge in [-0.3, -0.25) is 4.90 Å². The van der Waals surface area contributed by atoms with Gasteiger partial charge in [0.25, 0.3) is 0 Å². The van der Waals surface area contributed by atoms with Crippen molar-refractivity contribution in [2.45, 2.75) is 51.1 Å². The number of anilines is 4. The van der Waals surface area contributed by atoms with Crippen LogP contribution in [0, 0.1) is 11.3 Å². The second kappa shape index (κ2) is 12.8. The molecule has 210 valence electrons. The number of ether oxygens (including phenoxy) is 2. The number of aryl methyl sites for hydroxylation is 1. The fraction of sp³-hybridized carbons (Fsp3) is 0.621. The van der Waals surface area contributed by atoms with E-state index in [4.69, 9.17) is 14.5 Å². The fourth-order valence-corrected chi connectivity index (χ4v) is 5.84. The molecule has 0 atom stereocenters. The second-order valence-electron chi connectivity index (χ2n) is 10.8. The number of piperazine rings is 1. The summed E-state index contributed by atoms with van der Waals surface area (Å²) < 4.78 is 11.3. The summed E-state index contributed by atoms with van der Waals surface area (Å²) in [7, 11) is 3.92. The van der Waals surface area contributed by atoms with Crippen molar-refractivity contribution in [3.63, 3.8) is 0 Å². The summed E-state index contributed by atoms with van der Waals surface area (Å²) in [5, 5.41) is 16.7. The summed E-state index contributed by atoms with van der Waals surface area (Å²) in [4.78, 5) is 17.0. The van der Waals surface area contributed by atoms with Gasteiger partial charge in [0.15, 0.2) is 17.3 Å². The number of methoxy groups -OCH3 is 1. The zero-order chi connectivity index (χ0) is 27.2. The van der Waals surface area contributed by atoms with Gasteiger partial charge in [-0.2, -0.15) is 5.26 Å². The molecule has 0 aliphatic carbocycles. The maximum absolute atomic E-state index is 9.81. The van der Waals surface area contributed by atoms with Crippen LogP contribution in [0.5, 0.6) is 5.75 Å². The van der Waals surface area contributed by atoms with Crippen molar-refractivity contribution in [2.24, 2.45) is 0 Å². The molecule has 3 saturated heterocycles. The third-order valence-corrected chi connectivity index (χ3v) is 8.27. The highest BCUT2D eigenvalue weighted by atomic mass is 16.5. The zero-order valence-corrected chi connectivity index (χ0v) is 23.6. The van der Waals surface area contributed by atoms with Gasteiger partial charge in [-0.05, 0) is 51.3 Å². The summed E-state index contributed by atoms with van der Waals surface area (Å²) >= 11 is 0. The minimum atomic E-state index is 0.290. The van der Waals surface area contributed by atoms with E-state index < -0.39 is 0 Å². The van der Waals surface area contributed by atoms with Crippen LogP contribution in [0.2, 0.25) is 0 Å². The lowest BCUT2D eigenvalue weighted by Gasteiger charge is -2.42. The molecule has 1 aromatic heterocycles. The predicted molar refractivity (Wildman–Crippen MR) is 154 cm³/mol. The molecule has 0 amide bonds. The minimum Gasteiger partial charge on any atom is -0.495 e. The summed E-state index contributed by atoms with van der Waals surface area (Å²) in [5.41, 5.74) is 3.01. The van der Waals surface area contributed by atoms with Crippen molar-refractivity contribution in [3.05, 3.63) is 29.6 Å². The van der Waals surface area contributed by atoms with Crippen molar-refractivity contribution >= 4 is 23.0 Å². The van der Waals surface area contributed by atoms with Gasteiger partial charge in [0.05, 0.1) is 18.5 Å². The van der Waals surface area contributed by atoms with Crippen molar-refractivity contribution in [1.82, 2.24) is 19.8 Å². The van der Waals surface area contributed by atoms with Crippen molar-refractivity contribution in [2.75, 3.05) is 82.2 Å². The molecule has 4 heterocycles. The second-order valence-corrected chi connectivity index (χ2v) is 10.8. The number of aromatic nitrogens is 2. The Labute approximate surface area is 232 Å². The van der Waals surface area contributed by atoms with Gasteiger partial charge >= 0.3 is 0 Å². The number of rotatable bonds is 8. The van der Waals surface area contributed by atoms with Crippen LogP contribution in [0.3, 0.4) is 0 Å². The Morgan fingerprint density at radius 3 is 2.44 bits per heavy atom. The van der Waals surface area contributed by atoms with E-state index in [1.165, 1.54) is 25.9 Å². The van der Waals surface area contributed by atoms with E-state index in [1.54, 1.807) is 7.11 Å². The number of hydrogen-bond donors (Lipinski definition) is 2. The third kappa shape index (κ3) is 6.55. The van der Waals surface area contributed by atoms with Gasteiger partial charge in [0, 0.05) is 76.3 Å². The Bertz CT molecular complexity index is 1150. The Morgan fingerprint density at radius 2 is 1.77 bits per heavy atom. The maximum atomic E-state index is 9.81. The molecule has 10 heteroatoms. The Balaban J connectivity index is 1.28. The maximum Gasteiger partial charge on any atom is 0.183 e. The number of nitriles is 1. The number of hydrogen-bond acceptors (Lipinski definition) is 10. The normalized spacial score (nSPS) is 20.0. The number of nitrogens with zero attached hydrogens (tertiary/aromatic N) is 6. The number of nitrogens with one attached hydrogen (secondary N) is 2. The molecule has 5 rings (SSSR count). The van der Waals surface area contributed by atoms with E-state index in [2.05, 4.69) is 49.5 Å². The monoisotopic (exact) mass is 534 g/mol. The molecular weight excluding hydrogens is 492 g/mol. The van der Waals surface area contributed by atoms with Crippen LogP contribution in [0.15, 0.2) is 18.2 Å². The highest BCUT2D eigenvalue weighted by molar-refractivity contribution is 5.70. The lowest BCUT2D eigenvalue weighted by Crippen LogP contribution is -2.52. The first kappa shape index (κ1) is 27.4. The van der Waals surface area contributed by atoms with Crippen molar-refractivity contribution < 1.29 is 9.47 Å². The van der Waals surface area contributed by atoms with Crippen LogP contribution < -0.4 is 20.3 Å². The number of piperidine rings is 1. The molecule has 0 saturated carbocycles. The molecule has 0 bridgehead atoms. The largest absolute Gasteiger partial charge is 0.495 e. The van der Waals surface area contributed by atoms with Gasteiger partial charge in [0.1, 0.15) is 11.8 Å². The minimum absolute atomic E-state index is 0.290. The molecule has 0 spiro atoms. The molecule has 10 nitrogen and oxygen atoms in total. The van der Waals surface area contributed by atoms with E-state index in [1.807, 2.05) is 19.1 Å². The van der Waals surface area contributed by atoms with Gasteiger partial charge in [0.2, 0.25) is 0 Å². The molecular formula is C29H42N8O2. The molecule has 39 heavy (non-hydrogen) atoms. The van der Waals surface area contributed by atoms with Crippen molar-refractivity contribution in [1.29, 1.82) is 5.26 Å². The van der Waals surface area contributed by atoms with Crippen LogP contribution in [-0.4, -0.2) is 98.5 Å². The van der Waals surface area contributed by atoms with Crippen LogP contribution in [0.25, 0.3) is 0 Å². The molecule has 0 unspecified atom stereocenters. The van der Waals surface area contributed by atoms with E-state index >= 15 is 0 Å². The van der Waals surface area contributed by atoms with Gasteiger partial charge < -0.3 is 29.9 Å². The first-order valence-corrected chi connectivity index (χ1v) is 14.4. The summed E-state index contributed by atoms with van der Waals surface area (Å²) in [5.74, 6) is 2.00. The Hall–Kier alpha value is -3.13. The summed E-state index contributed by atoms with van der Waals surface area (Å²) in [6, 6.07) is 9.31. The third-order valence-electron chi connectivity index (χ3n) is 8.27. The molecule has 2 N–H and O–H groups in total. The first-order valence-electron chi connectivity index (χ1n) is 14.4. The van der Waals surface area contributed by atoms with Crippen LogP contribution in [0.4, 0.5) is 23.0 Å². The highest BCUT2D eigenvalue weighted by Crippen LogP contribution is 2.35. The average Bonchev–Trinajstić information content (AvgIpc) is 2.98. The molecule has 0 radical (unpaired) electrons. The highest BCUT2D eigenvalue weighted by Gasteiger charge is 2.28. The lowest BCUT2D eigenvalue weighted by molar-refractivity contribution is 0.0903. The number of likely N-dealkylation sites (N-methyl/N-ethyl adjacent to an activating group) is 1. The SMILES string of the molecule is CCc1nc(C#N)c(Nc2ccc(N3CCC(N4CCN(C)CC4)CC3)c(OC)c2)nc1NC1CCOCC1. The van der Waals surface area contributed by atoms with E-state index in [0.717, 1.165) is 80.9 Å². The fourth-order valence-electron chi connectivity index (χ4n) is 5.84.